The normalized spacial score (nSPS) is 21.9. The number of ether oxygens (including phenoxy) is 2. The maximum atomic E-state index is 13.5. The molecule has 1 saturated heterocycles. The van der Waals surface area contributed by atoms with Gasteiger partial charge in [-0.3, -0.25) is 0 Å². The molecule has 26 heavy (non-hydrogen) atoms. The second-order valence-electron chi connectivity index (χ2n) is 7.73. The summed E-state index contributed by atoms with van der Waals surface area (Å²) < 4.78 is 25.2. The van der Waals surface area contributed by atoms with Gasteiger partial charge in [0.25, 0.3) is 0 Å². The van der Waals surface area contributed by atoms with E-state index >= 15 is 0 Å². The first-order valence-electron chi connectivity index (χ1n) is 8.89. The molecule has 0 spiro atoms. The van der Waals surface area contributed by atoms with E-state index in [9.17, 15) is 9.18 Å². The van der Waals surface area contributed by atoms with Crippen molar-refractivity contribution in [1.29, 1.82) is 0 Å². The Bertz CT molecular complexity index is 601. The third-order valence-corrected chi connectivity index (χ3v) is 4.74. The van der Waals surface area contributed by atoms with Crippen LogP contribution < -0.4 is 10.6 Å². The zero-order valence-corrected chi connectivity index (χ0v) is 17.4. The molecular weight excluding hydrogens is 403 g/mol. The Labute approximate surface area is 163 Å². The summed E-state index contributed by atoms with van der Waals surface area (Å²) in [4.78, 5) is 12.0. The summed E-state index contributed by atoms with van der Waals surface area (Å²) in [5.41, 5.74) is 0.338. The van der Waals surface area contributed by atoms with E-state index in [0.29, 0.717) is 19.8 Å². The second-order valence-corrected chi connectivity index (χ2v) is 8.64. The van der Waals surface area contributed by atoms with Gasteiger partial charge in [-0.2, -0.15) is 0 Å². The molecular formula is C19H28BrFN2O3. The Morgan fingerprint density at radius 3 is 2.81 bits per heavy atom. The highest BCUT2D eigenvalue weighted by atomic mass is 79.9. The van der Waals surface area contributed by atoms with E-state index in [1.165, 1.54) is 12.1 Å². The van der Waals surface area contributed by atoms with Gasteiger partial charge in [0, 0.05) is 35.6 Å². The number of amides is 1. The summed E-state index contributed by atoms with van der Waals surface area (Å²) in [6.45, 7) is 9.24. The number of carbonyl (C=O) groups excluding carboxylic acids is 1. The van der Waals surface area contributed by atoms with Gasteiger partial charge in [0.05, 0.1) is 6.61 Å². The van der Waals surface area contributed by atoms with Gasteiger partial charge in [-0.25, -0.2) is 9.18 Å². The minimum atomic E-state index is -0.532. The van der Waals surface area contributed by atoms with E-state index < -0.39 is 11.7 Å². The molecule has 7 heteroatoms. The highest BCUT2D eigenvalue weighted by Gasteiger charge is 2.31. The molecule has 2 N–H and O–H groups in total. The summed E-state index contributed by atoms with van der Waals surface area (Å²) in [6, 6.07) is 4.91. The number of halogens is 2. The van der Waals surface area contributed by atoms with Crippen molar-refractivity contribution >= 4 is 22.0 Å². The van der Waals surface area contributed by atoms with Gasteiger partial charge in [0.1, 0.15) is 11.4 Å². The summed E-state index contributed by atoms with van der Waals surface area (Å²) in [7, 11) is 0. The average molecular weight is 431 g/mol. The lowest BCUT2D eigenvalue weighted by Gasteiger charge is -2.36. The van der Waals surface area contributed by atoms with Crippen LogP contribution in [0.25, 0.3) is 0 Å². The molecule has 5 nitrogen and oxygen atoms in total. The van der Waals surface area contributed by atoms with Crippen molar-refractivity contribution in [2.45, 2.75) is 58.3 Å². The molecule has 0 aromatic heterocycles. The molecule has 1 aliphatic rings. The average Bonchev–Trinajstić information content (AvgIpc) is 2.50. The Morgan fingerprint density at radius 2 is 2.15 bits per heavy atom. The Balaban J connectivity index is 1.94. The first kappa shape index (κ1) is 21.1. The molecule has 0 unspecified atom stereocenters. The predicted molar refractivity (Wildman–Crippen MR) is 102 cm³/mol. The van der Waals surface area contributed by atoms with Crippen molar-refractivity contribution in [3.05, 3.63) is 34.1 Å². The predicted octanol–water partition coefficient (Wildman–Crippen LogP) is 4.00. The molecule has 1 aliphatic heterocycles. The minimum Gasteiger partial charge on any atom is -0.444 e. The standard InChI is InChI=1S/C19H28BrFN2O3/c1-12(23-18(24)26-19(2,3)4)16-11-25-6-5-17(16)22-10-13-7-14(20)9-15(21)8-13/h7-9,12,16-17,22H,5-6,10-11H2,1-4H3,(H,23,24)/t12-,16+,17-/m0/s1. The fourth-order valence-electron chi connectivity index (χ4n) is 3.07. The van der Waals surface area contributed by atoms with E-state index in [0.717, 1.165) is 16.5 Å². The number of hydrogen-bond donors (Lipinski definition) is 2. The van der Waals surface area contributed by atoms with Crippen LogP contribution in [0.2, 0.25) is 0 Å². The molecule has 1 amide bonds. The van der Waals surface area contributed by atoms with E-state index in [1.54, 1.807) is 0 Å². The third kappa shape index (κ3) is 6.85. The first-order chi connectivity index (χ1) is 12.1. The van der Waals surface area contributed by atoms with E-state index in [1.807, 2.05) is 33.8 Å². The Morgan fingerprint density at radius 1 is 1.42 bits per heavy atom. The summed E-state index contributed by atoms with van der Waals surface area (Å²) in [6.07, 6.45) is 0.407. The second kappa shape index (κ2) is 9.15. The maximum Gasteiger partial charge on any atom is 0.407 e. The smallest absolute Gasteiger partial charge is 0.407 e. The molecule has 3 atom stereocenters. The van der Waals surface area contributed by atoms with Crippen LogP contribution in [0.4, 0.5) is 9.18 Å². The first-order valence-corrected chi connectivity index (χ1v) is 9.69. The van der Waals surface area contributed by atoms with Crippen molar-refractivity contribution in [2.24, 2.45) is 5.92 Å². The zero-order chi connectivity index (χ0) is 19.3. The topological polar surface area (TPSA) is 59.6 Å². The van der Waals surface area contributed by atoms with Gasteiger partial charge >= 0.3 is 6.09 Å². The lowest BCUT2D eigenvalue weighted by molar-refractivity contribution is 0.0122. The van der Waals surface area contributed by atoms with Crippen LogP contribution in [-0.2, 0) is 16.0 Å². The van der Waals surface area contributed by atoms with Gasteiger partial charge in [-0.05, 0) is 57.9 Å². The lowest BCUT2D eigenvalue weighted by atomic mass is 9.89. The molecule has 1 aromatic rings. The van der Waals surface area contributed by atoms with Crippen LogP contribution in [-0.4, -0.2) is 37.0 Å². The van der Waals surface area contributed by atoms with Crippen LogP contribution in [0.5, 0.6) is 0 Å². The highest BCUT2D eigenvalue weighted by Crippen LogP contribution is 2.21. The molecule has 146 valence electrons. The molecule has 0 aliphatic carbocycles. The fraction of sp³-hybridized carbons (Fsp3) is 0.632. The monoisotopic (exact) mass is 430 g/mol. The van der Waals surface area contributed by atoms with Crippen LogP contribution in [0.1, 0.15) is 39.7 Å². The summed E-state index contributed by atoms with van der Waals surface area (Å²) in [5, 5.41) is 6.39. The number of carbonyl (C=O) groups is 1. The lowest BCUT2D eigenvalue weighted by Crippen LogP contribution is -2.52. The SMILES string of the molecule is C[C@H](NC(=O)OC(C)(C)C)[C@H]1COCC[C@@H]1NCc1cc(F)cc(Br)c1. The quantitative estimate of drug-likeness (QED) is 0.740. The summed E-state index contributed by atoms with van der Waals surface area (Å²) >= 11 is 3.32. The molecule has 0 bridgehead atoms. The van der Waals surface area contributed by atoms with Crippen molar-refractivity contribution in [2.75, 3.05) is 13.2 Å². The van der Waals surface area contributed by atoms with E-state index in [-0.39, 0.29) is 23.8 Å². The highest BCUT2D eigenvalue weighted by molar-refractivity contribution is 9.10. The van der Waals surface area contributed by atoms with Crippen molar-refractivity contribution in [3.8, 4) is 0 Å². The van der Waals surface area contributed by atoms with Crippen LogP contribution in [0, 0.1) is 11.7 Å². The molecule has 2 rings (SSSR count). The van der Waals surface area contributed by atoms with Gasteiger partial charge in [-0.15, -0.1) is 0 Å². The fourth-order valence-corrected chi connectivity index (χ4v) is 3.58. The number of rotatable bonds is 5. The molecule has 0 radical (unpaired) electrons. The Kier molecular flexibility index (Phi) is 7.43. The number of nitrogens with one attached hydrogen (secondary N) is 2. The van der Waals surface area contributed by atoms with Gasteiger partial charge in [0.15, 0.2) is 0 Å². The molecule has 1 heterocycles. The van der Waals surface area contributed by atoms with Crippen LogP contribution >= 0.6 is 15.9 Å². The minimum absolute atomic E-state index is 0.105. The third-order valence-electron chi connectivity index (χ3n) is 4.28. The zero-order valence-electron chi connectivity index (χ0n) is 15.8. The molecule has 0 saturated carbocycles. The van der Waals surface area contributed by atoms with Gasteiger partial charge in [0.2, 0.25) is 0 Å². The number of hydrogen-bond acceptors (Lipinski definition) is 4. The Hall–Kier alpha value is -1.18. The molecule has 1 fully saturated rings. The van der Waals surface area contributed by atoms with Crippen molar-refractivity contribution in [3.63, 3.8) is 0 Å². The number of benzene rings is 1. The molecule has 1 aromatic carbocycles. The summed E-state index contributed by atoms with van der Waals surface area (Å²) in [5.74, 6) is -0.159. The van der Waals surface area contributed by atoms with Crippen LogP contribution in [0.15, 0.2) is 22.7 Å². The largest absolute Gasteiger partial charge is 0.444 e. The van der Waals surface area contributed by atoms with Gasteiger partial charge in [-0.1, -0.05) is 15.9 Å². The number of alkyl carbamates (subject to hydrolysis) is 1. The van der Waals surface area contributed by atoms with Crippen LogP contribution in [0.3, 0.4) is 0 Å². The van der Waals surface area contributed by atoms with Crippen molar-refractivity contribution < 1.29 is 18.7 Å². The van der Waals surface area contributed by atoms with E-state index in [4.69, 9.17) is 9.47 Å². The van der Waals surface area contributed by atoms with Crippen molar-refractivity contribution in [1.82, 2.24) is 10.6 Å². The maximum absolute atomic E-state index is 13.5. The van der Waals surface area contributed by atoms with Gasteiger partial charge < -0.3 is 20.1 Å². The van der Waals surface area contributed by atoms with E-state index in [2.05, 4.69) is 26.6 Å².